The van der Waals surface area contributed by atoms with Crippen LogP contribution in [0.2, 0.25) is 0 Å². The van der Waals surface area contributed by atoms with Gasteiger partial charge < -0.3 is 9.63 Å². The van der Waals surface area contributed by atoms with Crippen molar-refractivity contribution < 1.29 is 9.63 Å². The van der Waals surface area contributed by atoms with Gasteiger partial charge in [-0.05, 0) is 45.2 Å². The number of piperidine rings is 1. The average molecular weight is 253 g/mol. The van der Waals surface area contributed by atoms with E-state index in [4.69, 9.17) is 9.63 Å². The van der Waals surface area contributed by atoms with E-state index in [1.807, 2.05) is 0 Å². The molecule has 5 nitrogen and oxygen atoms in total. The summed E-state index contributed by atoms with van der Waals surface area (Å²) in [5.41, 5.74) is 0. The van der Waals surface area contributed by atoms with Crippen LogP contribution in [0.3, 0.4) is 0 Å². The van der Waals surface area contributed by atoms with Crippen LogP contribution in [0.25, 0.3) is 0 Å². The summed E-state index contributed by atoms with van der Waals surface area (Å²) in [4.78, 5) is 6.80. The zero-order valence-electron chi connectivity index (χ0n) is 11.3. The molecule has 0 aromatic carbocycles. The summed E-state index contributed by atoms with van der Waals surface area (Å²) in [7, 11) is 0. The Balaban J connectivity index is 1.92. The summed E-state index contributed by atoms with van der Waals surface area (Å²) in [5.74, 6) is 2.00. The lowest BCUT2D eigenvalue weighted by molar-refractivity contribution is 0.0929. The Labute approximate surface area is 108 Å². The van der Waals surface area contributed by atoms with Crippen LogP contribution >= 0.6 is 0 Å². The van der Waals surface area contributed by atoms with Crippen molar-refractivity contribution >= 4 is 0 Å². The van der Waals surface area contributed by atoms with Crippen LogP contribution in [-0.2, 0) is 6.42 Å². The molecule has 1 fully saturated rings. The molecule has 1 aromatic heterocycles. The summed E-state index contributed by atoms with van der Waals surface area (Å²) in [5, 5.41) is 13.1. The fourth-order valence-electron chi connectivity index (χ4n) is 2.44. The first-order chi connectivity index (χ1) is 8.74. The molecule has 1 aliphatic rings. The largest absolute Gasteiger partial charge is 0.396 e. The highest BCUT2D eigenvalue weighted by Crippen LogP contribution is 2.25. The van der Waals surface area contributed by atoms with Gasteiger partial charge in [-0.25, -0.2) is 0 Å². The molecule has 18 heavy (non-hydrogen) atoms. The Kier molecular flexibility index (Phi) is 4.72. The third kappa shape index (κ3) is 3.09. The number of nitrogens with zero attached hydrogens (tertiary/aromatic N) is 3. The minimum Gasteiger partial charge on any atom is -0.396 e. The van der Waals surface area contributed by atoms with E-state index in [0.717, 1.165) is 50.5 Å². The molecule has 1 atom stereocenters. The Hall–Kier alpha value is -0.940. The monoisotopic (exact) mass is 253 g/mol. The lowest BCUT2D eigenvalue weighted by atomic mass is 9.97. The van der Waals surface area contributed by atoms with Crippen molar-refractivity contribution in [2.24, 2.45) is 5.92 Å². The molecule has 0 unspecified atom stereocenters. The molecule has 0 radical (unpaired) electrons. The van der Waals surface area contributed by atoms with E-state index in [1.165, 1.54) is 0 Å². The first kappa shape index (κ1) is 13.5. The first-order valence-corrected chi connectivity index (χ1v) is 6.92. The van der Waals surface area contributed by atoms with Crippen LogP contribution in [0.1, 0.15) is 50.9 Å². The van der Waals surface area contributed by atoms with Crippen molar-refractivity contribution in [1.29, 1.82) is 0 Å². The average Bonchev–Trinajstić information content (AvgIpc) is 2.87. The molecule has 0 bridgehead atoms. The third-order valence-corrected chi connectivity index (χ3v) is 3.77. The van der Waals surface area contributed by atoms with Gasteiger partial charge in [0.1, 0.15) is 0 Å². The van der Waals surface area contributed by atoms with Crippen LogP contribution in [-0.4, -0.2) is 39.8 Å². The van der Waals surface area contributed by atoms with Crippen molar-refractivity contribution in [1.82, 2.24) is 15.0 Å². The van der Waals surface area contributed by atoms with Crippen molar-refractivity contribution in [3.63, 3.8) is 0 Å². The molecule has 5 heteroatoms. The van der Waals surface area contributed by atoms with Crippen molar-refractivity contribution in [3.05, 3.63) is 11.7 Å². The summed E-state index contributed by atoms with van der Waals surface area (Å²) in [6.07, 6.45) is 4.02. The van der Waals surface area contributed by atoms with Gasteiger partial charge in [-0.15, -0.1) is 0 Å². The van der Waals surface area contributed by atoms with Gasteiger partial charge in [0.25, 0.3) is 0 Å². The molecular weight excluding hydrogens is 230 g/mol. The van der Waals surface area contributed by atoms with Gasteiger partial charge in [-0.3, -0.25) is 4.90 Å². The molecular formula is C13H23N3O2. The number of aryl methyl sites for hydroxylation is 1. The first-order valence-electron chi connectivity index (χ1n) is 6.92. The van der Waals surface area contributed by atoms with E-state index in [9.17, 15) is 0 Å². The molecule has 2 heterocycles. The van der Waals surface area contributed by atoms with Gasteiger partial charge >= 0.3 is 0 Å². The van der Waals surface area contributed by atoms with Gasteiger partial charge in [0, 0.05) is 13.0 Å². The van der Waals surface area contributed by atoms with Gasteiger partial charge in [-0.2, -0.15) is 4.98 Å². The van der Waals surface area contributed by atoms with Crippen LogP contribution < -0.4 is 0 Å². The predicted octanol–water partition coefficient (Wildman–Crippen LogP) is 1.79. The zero-order chi connectivity index (χ0) is 13.0. The fourth-order valence-corrected chi connectivity index (χ4v) is 2.44. The van der Waals surface area contributed by atoms with Crippen molar-refractivity contribution in [2.75, 3.05) is 19.7 Å². The Morgan fingerprint density at radius 2 is 2.17 bits per heavy atom. The predicted molar refractivity (Wildman–Crippen MR) is 68.1 cm³/mol. The standard InChI is InChI=1S/C13H23N3O2/c1-3-4-12-14-13(18-15-12)10(2)16-7-5-11(9-17)6-8-16/h10-11,17H,3-9H2,1-2H3/t10-/m1/s1. The number of likely N-dealkylation sites (tertiary alicyclic amines) is 1. The maximum Gasteiger partial charge on any atom is 0.243 e. The number of hydrogen-bond donors (Lipinski definition) is 1. The Morgan fingerprint density at radius 1 is 1.44 bits per heavy atom. The third-order valence-electron chi connectivity index (χ3n) is 3.77. The molecule has 2 rings (SSSR count). The highest BCUT2D eigenvalue weighted by Gasteiger charge is 2.26. The van der Waals surface area contributed by atoms with Crippen molar-refractivity contribution in [2.45, 2.75) is 45.6 Å². The lowest BCUT2D eigenvalue weighted by Crippen LogP contribution is -2.36. The van der Waals surface area contributed by atoms with Gasteiger partial charge in [-0.1, -0.05) is 12.1 Å². The summed E-state index contributed by atoms with van der Waals surface area (Å²) >= 11 is 0. The molecule has 0 saturated carbocycles. The summed E-state index contributed by atoms with van der Waals surface area (Å²) in [6.45, 7) is 6.53. The van der Waals surface area contributed by atoms with Gasteiger partial charge in [0.05, 0.1) is 6.04 Å². The van der Waals surface area contributed by atoms with E-state index >= 15 is 0 Å². The number of aliphatic hydroxyl groups excluding tert-OH is 1. The Morgan fingerprint density at radius 3 is 2.78 bits per heavy atom. The molecule has 1 N–H and O–H groups in total. The molecule has 0 spiro atoms. The fraction of sp³-hybridized carbons (Fsp3) is 0.846. The number of rotatable bonds is 5. The van der Waals surface area contributed by atoms with Crippen LogP contribution in [0, 0.1) is 5.92 Å². The quantitative estimate of drug-likeness (QED) is 0.866. The maximum atomic E-state index is 9.14. The minimum atomic E-state index is 0.183. The molecule has 1 saturated heterocycles. The second-order valence-corrected chi connectivity index (χ2v) is 5.14. The van der Waals surface area contributed by atoms with E-state index < -0.39 is 0 Å². The number of aliphatic hydroxyl groups is 1. The molecule has 1 aliphatic heterocycles. The highest BCUT2D eigenvalue weighted by molar-refractivity contribution is 4.93. The highest BCUT2D eigenvalue weighted by atomic mass is 16.5. The molecule has 0 aliphatic carbocycles. The van der Waals surface area contributed by atoms with E-state index in [0.29, 0.717) is 12.5 Å². The molecule has 102 valence electrons. The Bertz CT molecular complexity index is 359. The smallest absolute Gasteiger partial charge is 0.243 e. The number of hydrogen-bond acceptors (Lipinski definition) is 5. The van der Waals surface area contributed by atoms with Gasteiger partial charge in [0.15, 0.2) is 5.82 Å². The second-order valence-electron chi connectivity index (χ2n) is 5.14. The maximum absolute atomic E-state index is 9.14. The lowest BCUT2D eigenvalue weighted by Gasteiger charge is -2.33. The SMILES string of the molecule is CCCc1noc([C@@H](C)N2CCC(CO)CC2)n1. The topological polar surface area (TPSA) is 62.4 Å². The van der Waals surface area contributed by atoms with Crippen molar-refractivity contribution in [3.8, 4) is 0 Å². The molecule has 0 amide bonds. The van der Waals surface area contributed by atoms with E-state index in [2.05, 4.69) is 28.9 Å². The zero-order valence-corrected chi connectivity index (χ0v) is 11.3. The normalized spacial score (nSPS) is 20.2. The minimum absolute atomic E-state index is 0.183. The van der Waals surface area contributed by atoms with E-state index in [-0.39, 0.29) is 6.04 Å². The molecule has 1 aromatic rings. The van der Waals surface area contributed by atoms with Crippen LogP contribution in [0.5, 0.6) is 0 Å². The van der Waals surface area contributed by atoms with Crippen LogP contribution in [0.4, 0.5) is 0 Å². The summed E-state index contributed by atoms with van der Waals surface area (Å²) in [6, 6.07) is 0.183. The summed E-state index contributed by atoms with van der Waals surface area (Å²) < 4.78 is 5.33. The van der Waals surface area contributed by atoms with E-state index in [1.54, 1.807) is 0 Å². The van der Waals surface area contributed by atoms with Crippen LogP contribution in [0.15, 0.2) is 4.52 Å². The van der Waals surface area contributed by atoms with Gasteiger partial charge in [0.2, 0.25) is 5.89 Å². The number of aromatic nitrogens is 2. The second kappa shape index (κ2) is 6.29.